The third kappa shape index (κ3) is 2.86. The second-order valence-corrected chi connectivity index (χ2v) is 5.23. The van der Waals surface area contributed by atoms with Gasteiger partial charge >= 0.3 is 0 Å². The standard InChI is InChI=1S/C16H18N4/c1-20-11-16(18-19-20)10-15(17)9-12-6-7-13-4-2-3-5-14(13)8-12/h2-8,11,15H,9-10,17H2,1H3. The van der Waals surface area contributed by atoms with E-state index in [4.69, 9.17) is 5.73 Å². The Hall–Kier alpha value is -2.20. The van der Waals surface area contributed by atoms with Crippen molar-refractivity contribution in [1.82, 2.24) is 15.0 Å². The van der Waals surface area contributed by atoms with E-state index < -0.39 is 0 Å². The fourth-order valence-corrected chi connectivity index (χ4v) is 2.50. The maximum atomic E-state index is 6.21. The summed E-state index contributed by atoms with van der Waals surface area (Å²) >= 11 is 0. The average Bonchev–Trinajstić information content (AvgIpc) is 2.83. The van der Waals surface area contributed by atoms with Gasteiger partial charge in [0.1, 0.15) is 0 Å². The van der Waals surface area contributed by atoms with Crippen molar-refractivity contribution in [2.75, 3.05) is 0 Å². The summed E-state index contributed by atoms with van der Waals surface area (Å²) in [5, 5.41) is 10.5. The maximum Gasteiger partial charge on any atom is 0.0842 e. The highest BCUT2D eigenvalue weighted by atomic mass is 15.4. The second kappa shape index (κ2) is 5.43. The molecule has 1 atom stereocenters. The molecular weight excluding hydrogens is 248 g/mol. The molecule has 0 amide bonds. The number of benzene rings is 2. The molecule has 0 spiro atoms. The molecule has 4 heteroatoms. The lowest BCUT2D eigenvalue weighted by Gasteiger charge is -2.10. The molecule has 2 aromatic carbocycles. The van der Waals surface area contributed by atoms with Crippen LogP contribution in [-0.4, -0.2) is 21.0 Å². The zero-order chi connectivity index (χ0) is 13.9. The van der Waals surface area contributed by atoms with E-state index in [0.717, 1.165) is 18.5 Å². The van der Waals surface area contributed by atoms with Crippen LogP contribution in [0.25, 0.3) is 10.8 Å². The topological polar surface area (TPSA) is 56.7 Å². The molecule has 20 heavy (non-hydrogen) atoms. The third-order valence-corrected chi connectivity index (χ3v) is 3.43. The summed E-state index contributed by atoms with van der Waals surface area (Å²) in [6.07, 6.45) is 3.52. The lowest BCUT2D eigenvalue weighted by Crippen LogP contribution is -2.25. The van der Waals surface area contributed by atoms with Gasteiger partial charge in [0.15, 0.2) is 0 Å². The Morgan fingerprint density at radius 1 is 1.10 bits per heavy atom. The van der Waals surface area contributed by atoms with E-state index in [0.29, 0.717) is 0 Å². The zero-order valence-electron chi connectivity index (χ0n) is 11.5. The van der Waals surface area contributed by atoms with Crippen LogP contribution in [0.15, 0.2) is 48.7 Å². The molecule has 1 unspecified atom stereocenters. The van der Waals surface area contributed by atoms with Gasteiger partial charge in [-0.2, -0.15) is 0 Å². The summed E-state index contributed by atoms with van der Waals surface area (Å²) < 4.78 is 1.71. The van der Waals surface area contributed by atoms with Crippen molar-refractivity contribution >= 4 is 10.8 Å². The normalized spacial score (nSPS) is 12.7. The van der Waals surface area contributed by atoms with Gasteiger partial charge in [-0.3, -0.25) is 4.68 Å². The van der Waals surface area contributed by atoms with Crippen LogP contribution in [0.3, 0.4) is 0 Å². The molecular formula is C16H18N4. The predicted octanol–water partition coefficient (Wildman–Crippen LogP) is 2.08. The van der Waals surface area contributed by atoms with Gasteiger partial charge in [0, 0.05) is 25.7 Å². The van der Waals surface area contributed by atoms with Gasteiger partial charge in [0.2, 0.25) is 0 Å². The maximum absolute atomic E-state index is 6.21. The first-order valence-electron chi connectivity index (χ1n) is 6.79. The molecule has 1 heterocycles. The van der Waals surface area contributed by atoms with Gasteiger partial charge in [-0.25, -0.2) is 0 Å². The second-order valence-electron chi connectivity index (χ2n) is 5.23. The molecule has 4 nitrogen and oxygen atoms in total. The van der Waals surface area contributed by atoms with Gasteiger partial charge in [-0.15, -0.1) is 5.10 Å². The van der Waals surface area contributed by atoms with E-state index in [1.165, 1.54) is 16.3 Å². The van der Waals surface area contributed by atoms with Crippen molar-refractivity contribution in [3.05, 3.63) is 59.9 Å². The first-order valence-corrected chi connectivity index (χ1v) is 6.79. The van der Waals surface area contributed by atoms with Crippen LogP contribution in [0.4, 0.5) is 0 Å². The minimum Gasteiger partial charge on any atom is -0.327 e. The molecule has 0 aliphatic heterocycles. The molecule has 0 radical (unpaired) electrons. The summed E-state index contributed by atoms with van der Waals surface area (Å²) in [5.74, 6) is 0. The van der Waals surface area contributed by atoms with Gasteiger partial charge in [-0.05, 0) is 22.8 Å². The fourth-order valence-electron chi connectivity index (χ4n) is 2.50. The first kappa shape index (κ1) is 12.8. The molecule has 0 aliphatic rings. The molecule has 3 aromatic rings. The molecule has 0 saturated heterocycles. The van der Waals surface area contributed by atoms with Gasteiger partial charge in [0.25, 0.3) is 0 Å². The molecule has 0 saturated carbocycles. The number of aromatic nitrogens is 3. The summed E-state index contributed by atoms with van der Waals surface area (Å²) in [6, 6.07) is 15.0. The van der Waals surface area contributed by atoms with E-state index in [-0.39, 0.29) is 6.04 Å². The molecule has 0 aliphatic carbocycles. The smallest absolute Gasteiger partial charge is 0.0842 e. The molecule has 102 valence electrons. The van der Waals surface area contributed by atoms with Gasteiger partial charge in [-0.1, -0.05) is 47.7 Å². The highest BCUT2D eigenvalue weighted by Gasteiger charge is 2.08. The molecule has 3 rings (SSSR count). The summed E-state index contributed by atoms with van der Waals surface area (Å²) in [4.78, 5) is 0. The Bertz CT molecular complexity index is 717. The van der Waals surface area contributed by atoms with Crippen molar-refractivity contribution in [3.8, 4) is 0 Å². The number of nitrogens with zero attached hydrogens (tertiary/aromatic N) is 3. The zero-order valence-corrected chi connectivity index (χ0v) is 11.5. The predicted molar refractivity (Wildman–Crippen MR) is 80.3 cm³/mol. The Labute approximate surface area is 118 Å². The van der Waals surface area contributed by atoms with E-state index in [2.05, 4.69) is 52.8 Å². The third-order valence-electron chi connectivity index (χ3n) is 3.43. The number of rotatable bonds is 4. The average molecular weight is 266 g/mol. The SMILES string of the molecule is Cn1cc(CC(N)Cc2ccc3ccccc3c2)nn1. The minimum atomic E-state index is 0.0628. The number of hydrogen-bond donors (Lipinski definition) is 1. The highest BCUT2D eigenvalue weighted by Crippen LogP contribution is 2.16. The van der Waals surface area contributed by atoms with E-state index in [1.54, 1.807) is 4.68 Å². The van der Waals surface area contributed by atoms with Crippen molar-refractivity contribution in [3.63, 3.8) is 0 Å². The molecule has 2 N–H and O–H groups in total. The number of nitrogens with two attached hydrogens (primary N) is 1. The lowest BCUT2D eigenvalue weighted by atomic mass is 10.00. The molecule has 1 aromatic heterocycles. The summed E-state index contributed by atoms with van der Waals surface area (Å²) in [7, 11) is 1.87. The van der Waals surface area contributed by atoms with Crippen LogP contribution in [0.5, 0.6) is 0 Å². The fraction of sp³-hybridized carbons (Fsp3) is 0.250. The van der Waals surface area contributed by atoms with Crippen LogP contribution in [0.2, 0.25) is 0 Å². The summed E-state index contributed by atoms with van der Waals surface area (Å²) in [5.41, 5.74) is 8.42. The Kier molecular flexibility index (Phi) is 3.48. The van der Waals surface area contributed by atoms with Crippen molar-refractivity contribution in [1.29, 1.82) is 0 Å². The van der Waals surface area contributed by atoms with Crippen LogP contribution >= 0.6 is 0 Å². The number of aryl methyl sites for hydroxylation is 1. The van der Waals surface area contributed by atoms with Crippen molar-refractivity contribution in [2.24, 2.45) is 12.8 Å². The minimum absolute atomic E-state index is 0.0628. The number of hydrogen-bond acceptors (Lipinski definition) is 3. The molecule has 0 bridgehead atoms. The van der Waals surface area contributed by atoms with Crippen LogP contribution in [0, 0.1) is 0 Å². The monoisotopic (exact) mass is 266 g/mol. The highest BCUT2D eigenvalue weighted by molar-refractivity contribution is 5.82. The van der Waals surface area contributed by atoms with Crippen LogP contribution < -0.4 is 5.73 Å². The van der Waals surface area contributed by atoms with Crippen molar-refractivity contribution < 1.29 is 0 Å². The lowest BCUT2D eigenvalue weighted by molar-refractivity contribution is 0.651. The van der Waals surface area contributed by atoms with E-state index >= 15 is 0 Å². The molecule has 0 fully saturated rings. The quantitative estimate of drug-likeness (QED) is 0.786. The van der Waals surface area contributed by atoms with Crippen LogP contribution in [0.1, 0.15) is 11.3 Å². The van der Waals surface area contributed by atoms with Gasteiger partial charge in [0.05, 0.1) is 5.69 Å². The van der Waals surface area contributed by atoms with E-state index in [9.17, 15) is 0 Å². The van der Waals surface area contributed by atoms with Crippen LogP contribution in [-0.2, 0) is 19.9 Å². The number of fused-ring (bicyclic) bond motifs is 1. The van der Waals surface area contributed by atoms with Gasteiger partial charge < -0.3 is 5.73 Å². The Morgan fingerprint density at radius 3 is 2.65 bits per heavy atom. The first-order chi connectivity index (χ1) is 9.70. The van der Waals surface area contributed by atoms with E-state index in [1.807, 2.05) is 13.2 Å². The summed E-state index contributed by atoms with van der Waals surface area (Å²) in [6.45, 7) is 0. The Balaban J connectivity index is 1.72. The Morgan fingerprint density at radius 2 is 1.90 bits per heavy atom. The van der Waals surface area contributed by atoms with Crippen molar-refractivity contribution in [2.45, 2.75) is 18.9 Å². The largest absolute Gasteiger partial charge is 0.327 e.